The number of sulfonamides is 1. The molecule has 0 bridgehead atoms. The van der Waals surface area contributed by atoms with Crippen molar-refractivity contribution in [3.05, 3.63) is 22.7 Å². The first-order valence-electron chi connectivity index (χ1n) is 6.32. The maximum atomic E-state index is 12.6. The lowest BCUT2D eigenvalue weighted by atomic mass is 10.3. The van der Waals surface area contributed by atoms with Crippen molar-refractivity contribution in [2.24, 2.45) is 0 Å². The van der Waals surface area contributed by atoms with Crippen LogP contribution in [0.15, 0.2) is 32.5 Å². The van der Waals surface area contributed by atoms with Gasteiger partial charge in [-0.2, -0.15) is 4.31 Å². The van der Waals surface area contributed by atoms with Gasteiger partial charge in [0.2, 0.25) is 10.0 Å². The summed E-state index contributed by atoms with van der Waals surface area (Å²) in [5.74, 6) is 0. The molecule has 1 aliphatic heterocycles. The summed E-state index contributed by atoms with van der Waals surface area (Å²) in [5, 5.41) is 3.12. The molecule has 0 aliphatic carbocycles. The van der Waals surface area contributed by atoms with Crippen molar-refractivity contribution in [3.8, 4) is 0 Å². The number of benzene rings is 1. The summed E-state index contributed by atoms with van der Waals surface area (Å²) in [7, 11) is -5.49. The van der Waals surface area contributed by atoms with Gasteiger partial charge in [-0.3, -0.25) is 0 Å². The summed E-state index contributed by atoms with van der Waals surface area (Å²) >= 11 is 3.17. The quantitative estimate of drug-likeness (QED) is 0.814. The number of likely N-dealkylation sites (N-methyl/N-ethyl adjacent to an activating group) is 1. The molecule has 1 fully saturated rings. The van der Waals surface area contributed by atoms with Gasteiger partial charge < -0.3 is 5.32 Å². The van der Waals surface area contributed by atoms with Gasteiger partial charge in [0, 0.05) is 30.4 Å². The Labute approximate surface area is 133 Å². The van der Waals surface area contributed by atoms with Crippen molar-refractivity contribution < 1.29 is 16.8 Å². The van der Waals surface area contributed by atoms with E-state index < -0.39 is 19.9 Å². The van der Waals surface area contributed by atoms with Crippen LogP contribution in [-0.4, -0.2) is 53.6 Å². The number of nitrogens with one attached hydrogen (secondary N) is 1. The summed E-state index contributed by atoms with van der Waals surface area (Å²) in [6, 6.07) is 3.88. The van der Waals surface area contributed by atoms with Gasteiger partial charge in [0.1, 0.15) is 0 Å². The Hall–Kier alpha value is -0.480. The maximum Gasteiger partial charge on any atom is 0.244 e. The number of nitrogens with zero attached hydrogens (tertiary/aromatic N) is 1. The van der Waals surface area contributed by atoms with Gasteiger partial charge in [-0.1, -0.05) is 0 Å². The van der Waals surface area contributed by atoms with Crippen molar-refractivity contribution >= 4 is 35.8 Å². The molecule has 0 aromatic heterocycles. The van der Waals surface area contributed by atoms with E-state index in [1.165, 1.54) is 22.5 Å². The Kier molecular flexibility index (Phi) is 4.79. The number of rotatable bonds is 4. The molecule has 1 unspecified atom stereocenters. The molecule has 1 heterocycles. The standard InChI is InChI=1S/C12H17BrN2O4S2/c1-15(9-5-6-14-8-9)21(18,19)12-4-3-10(7-11(12)13)20(2,16)17/h3-4,7,9,14H,5-6,8H2,1-2H3. The van der Waals surface area contributed by atoms with E-state index in [9.17, 15) is 16.8 Å². The summed E-state index contributed by atoms with van der Waals surface area (Å²) in [6.07, 6.45) is 1.84. The van der Waals surface area contributed by atoms with Crippen molar-refractivity contribution in [1.29, 1.82) is 0 Å². The molecule has 118 valence electrons. The number of halogens is 1. The van der Waals surface area contributed by atoms with E-state index >= 15 is 0 Å². The first kappa shape index (κ1) is 16.9. The molecule has 21 heavy (non-hydrogen) atoms. The molecule has 0 radical (unpaired) electrons. The smallest absolute Gasteiger partial charge is 0.244 e. The van der Waals surface area contributed by atoms with Crippen LogP contribution in [-0.2, 0) is 19.9 Å². The van der Waals surface area contributed by atoms with Gasteiger partial charge >= 0.3 is 0 Å². The molecule has 6 nitrogen and oxygen atoms in total. The number of hydrogen-bond donors (Lipinski definition) is 1. The van der Waals surface area contributed by atoms with Gasteiger partial charge in [-0.05, 0) is 47.1 Å². The number of sulfone groups is 1. The third kappa shape index (κ3) is 3.48. The minimum absolute atomic E-state index is 0.0734. The van der Waals surface area contributed by atoms with Crippen LogP contribution in [0.2, 0.25) is 0 Å². The van der Waals surface area contributed by atoms with Gasteiger partial charge in [-0.25, -0.2) is 16.8 Å². The molecule has 1 aromatic carbocycles. The molecule has 1 N–H and O–H groups in total. The van der Waals surface area contributed by atoms with Crippen molar-refractivity contribution in [2.75, 3.05) is 26.4 Å². The van der Waals surface area contributed by atoms with Crippen LogP contribution in [0.3, 0.4) is 0 Å². The van der Waals surface area contributed by atoms with Crippen LogP contribution in [0.1, 0.15) is 6.42 Å². The Morgan fingerprint density at radius 3 is 2.43 bits per heavy atom. The molecule has 0 saturated carbocycles. The molecule has 0 spiro atoms. The van der Waals surface area contributed by atoms with Gasteiger partial charge in [0.25, 0.3) is 0 Å². The minimum Gasteiger partial charge on any atom is -0.315 e. The topological polar surface area (TPSA) is 83.6 Å². The lowest BCUT2D eigenvalue weighted by Gasteiger charge is -2.23. The highest BCUT2D eigenvalue weighted by Gasteiger charge is 2.31. The predicted octanol–water partition coefficient (Wildman–Crippen LogP) is 0.835. The maximum absolute atomic E-state index is 12.6. The van der Waals surface area contributed by atoms with Crippen LogP contribution >= 0.6 is 15.9 Å². The Balaban J connectivity index is 2.41. The first-order valence-corrected chi connectivity index (χ1v) is 10.4. The average Bonchev–Trinajstić information content (AvgIpc) is 2.89. The zero-order chi connectivity index (χ0) is 15.8. The fourth-order valence-electron chi connectivity index (χ4n) is 2.22. The third-order valence-electron chi connectivity index (χ3n) is 3.54. The zero-order valence-electron chi connectivity index (χ0n) is 11.7. The van der Waals surface area contributed by atoms with Crippen molar-refractivity contribution in [3.63, 3.8) is 0 Å². The molecule has 9 heteroatoms. The highest BCUT2D eigenvalue weighted by atomic mass is 79.9. The SMILES string of the molecule is CN(C1CCNC1)S(=O)(=O)c1ccc(S(C)(=O)=O)cc1Br. The van der Waals surface area contributed by atoms with Crippen LogP contribution < -0.4 is 5.32 Å². The lowest BCUT2D eigenvalue weighted by molar-refractivity contribution is 0.387. The van der Waals surface area contributed by atoms with Gasteiger partial charge in [-0.15, -0.1) is 0 Å². The van der Waals surface area contributed by atoms with E-state index in [4.69, 9.17) is 0 Å². The Morgan fingerprint density at radius 2 is 1.95 bits per heavy atom. The largest absolute Gasteiger partial charge is 0.315 e. The fraction of sp³-hybridized carbons (Fsp3) is 0.500. The van der Waals surface area contributed by atoms with Gasteiger partial charge in [0.15, 0.2) is 9.84 Å². The highest BCUT2D eigenvalue weighted by Crippen LogP contribution is 2.28. The summed E-state index contributed by atoms with van der Waals surface area (Å²) in [5.41, 5.74) is 0. The Morgan fingerprint density at radius 1 is 1.29 bits per heavy atom. The number of hydrogen-bond acceptors (Lipinski definition) is 5. The highest BCUT2D eigenvalue weighted by molar-refractivity contribution is 9.10. The Bertz CT molecular complexity index is 741. The molecular weight excluding hydrogens is 380 g/mol. The van der Waals surface area contributed by atoms with E-state index in [1.807, 2.05) is 0 Å². The van der Waals surface area contributed by atoms with Crippen molar-refractivity contribution in [1.82, 2.24) is 9.62 Å². The average molecular weight is 397 g/mol. The molecule has 0 amide bonds. The van der Waals surface area contributed by atoms with E-state index in [-0.39, 0.29) is 20.3 Å². The lowest BCUT2D eigenvalue weighted by Crippen LogP contribution is -2.38. The summed E-state index contributed by atoms with van der Waals surface area (Å²) in [4.78, 5) is 0.155. The minimum atomic E-state index is -3.66. The summed E-state index contributed by atoms with van der Waals surface area (Å²) in [6.45, 7) is 1.41. The van der Waals surface area contributed by atoms with Crippen LogP contribution in [0.5, 0.6) is 0 Å². The van der Waals surface area contributed by atoms with E-state index in [1.54, 1.807) is 7.05 Å². The monoisotopic (exact) mass is 396 g/mol. The second kappa shape index (κ2) is 5.96. The second-order valence-corrected chi connectivity index (χ2v) is 9.87. The molecule has 1 atom stereocenters. The summed E-state index contributed by atoms with van der Waals surface area (Å²) < 4.78 is 49.8. The van der Waals surface area contributed by atoms with Crippen LogP contribution in [0, 0.1) is 0 Å². The third-order valence-corrected chi connectivity index (χ3v) is 7.53. The van der Waals surface area contributed by atoms with E-state index in [0.717, 1.165) is 19.2 Å². The van der Waals surface area contributed by atoms with E-state index in [0.29, 0.717) is 6.54 Å². The molecule has 1 aromatic rings. The first-order chi connectivity index (χ1) is 9.64. The van der Waals surface area contributed by atoms with Gasteiger partial charge in [0.05, 0.1) is 9.79 Å². The van der Waals surface area contributed by atoms with Crippen LogP contribution in [0.25, 0.3) is 0 Å². The fourth-order valence-corrected chi connectivity index (χ4v) is 5.44. The molecule has 1 aliphatic rings. The van der Waals surface area contributed by atoms with Crippen molar-refractivity contribution in [2.45, 2.75) is 22.3 Å². The van der Waals surface area contributed by atoms with Crippen LogP contribution in [0.4, 0.5) is 0 Å². The second-order valence-electron chi connectivity index (χ2n) is 5.03. The molecule has 2 rings (SSSR count). The molecular formula is C12H17BrN2O4S2. The normalized spacial score (nSPS) is 20.1. The predicted molar refractivity (Wildman–Crippen MR) is 83.5 cm³/mol. The molecule has 1 saturated heterocycles. The zero-order valence-corrected chi connectivity index (χ0v) is 14.9. The van der Waals surface area contributed by atoms with E-state index in [2.05, 4.69) is 21.2 Å².